The molecule has 16 heavy (non-hydrogen) atoms. The van der Waals surface area contributed by atoms with E-state index in [9.17, 15) is 0 Å². The first-order valence-electron chi connectivity index (χ1n) is 7.00. The van der Waals surface area contributed by atoms with Crippen molar-refractivity contribution in [3.05, 3.63) is 0 Å². The zero-order valence-electron chi connectivity index (χ0n) is 10.6. The molecular weight excluding hydrogens is 196 g/mol. The van der Waals surface area contributed by atoms with E-state index in [1.54, 1.807) is 6.21 Å². The zero-order valence-corrected chi connectivity index (χ0v) is 10.6. The summed E-state index contributed by atoms with van der Waals surface area (Å²) in [6.45, 7) is 1.32. The summed E-state index contributed by atoms with van der Waals surface area (Å²) in [4.78, 5) is 2.61. The topological polar surface area (TPSA) is 27.1 Å². The third-order valence-electron chi connectivity index (χ3n) is 4.62. The van der Waals surface area contributed by atoms with Gasteiger partial charge in [-0.2, -0.15) is 0 Å². The van der Waals surface area contributed by atoms with E-state index < -0.39 is 0 Å². The Labute approximate surface area is 99.9 Å². The number of hydrogen-bond acceptors (Lipinski definition) is 2. The Kier molecular flexibility index (Phi) is 4.39. The molecule has 2 rings (SSSR count). The first-order valence-corrected chi connectivity index (χ1v) is 7.00. The maximum atomic E-state index is 7.31. The van der Waals surface area contributed by atoms with Crippen LogP contribution in [-0.4, -0.2) is 30.7 Å². The van der Waals surface area contributed by atoms with Crippen molar-refractivity contribution in [3.8, 4) is 0 Å². The summed E-state index contributed by atoms with van der Waals surface area (Å²) in [7, 11) is 2.31. The predicted octanol–water partition coefficient (Wildman–Crippen LogP) is 3.32. The second-order valence-corrected chi connectivity index (χ2v) is 5.83. The van der Waals surface area contributed by atoms with Gasteiger partial charge in [0.05, 0.1) is 0 Å². The lowest BCUT2D eigenvalue weighted by Crippen LogP contribution is -2.38. The van der Waals surface area contributed by atoms with Crippen LogP contribution in [0.1, 0.15) is 51.4 Å². The molecule has 2 aliphatic carbocycles. The van der Waals surface area contributed by atoms with Crippen molar-refractivity contribution in [2.24, 2.45) is 11.8 Å². The van der Waals surface area contributed by atoms with Gasteiger partial charge in [0.2, 0.25) is 0 Å². The maximum absolute atomic E-state index is 7.31. The van der Waals surface area contributed by atoms with Crippen molar-refractivity contribution in [2.45, 2.75) is 57.4 Å². The highest BCUT2D eigenvalue weighted by Crippen LogP contribution is 2.29. The largest absolute Gasteiger partial charge is 0.313 e. The molecule has 92 valence electrons. The smallest absolute Gasteiger partial charge is 0.00927 e. The van der Waals surface area contributed by atoms with Crippen LogP contribution in [0.25, 0.3) is 0 Å². The normalized spacial score (nSPS) is 32.1. The zero-order chi connectivity index (χ0) is 11.4. The van der Waals surface area contributed by atoms with E-state index in [0.29, 0.717) is 5.92 Å². The van der Waals surface area contributed by atoms with Crippen LogP contribution in [0.3, 0.4) is 0 Å². The van der Waals surface area contributed by atoms with Gasteiger partial charge in [0.1, 0.15) is 0 Å². The van der Waals surface area contributed by atoms with Crippen LogP contribution in [0, 0.1) is 17.2 Å². The lowest BCUT2D eigenvalue weighted by Gasteiger charge is -2.34. The molecule has 0 bridgehead atoms. The lowest BCUT2D eigenvalue weighted by molar-refractivity contribution is 0.159. The fourth-order valence-corrected chi connectivity index (χ4v) is 3.46. The quantitative estimate of drug-likeness (QED) is 0.726. The van der Waals surface area contributed by atoms with E-state index >= 15 is 0 Å². The minimum Gasteiger partial charge on any atom is -0.313 e. The molecule has 0 aliphatic heterocycles. The van der Waals surface area contributed by atoms with Gasteiger partial charge < -0.3 is 10.3 Å². The van der Waals surface area contributed by atoms with Crippen LogP contribution in [0.2, 0.25) is 0 Å². The molecule has 0 aromatic carbocycles. The third kappa shape index (κ3) is 3.07. The Bertz CT molecular complexity index is 213. The summed E-state index contributed by atoms with van der Waals surface area (Å²) in [6, 6.07) is 0.803. The second kappa shape index (κ2) is 5.81. The highest BCUT2D eigenvalue weighted by Gasteiger charge is 2.25. The number of rotatable bonds is 4. The molecule has 0 spiro atoms. The maximum Gasteiger partial charge on any atom is 0.00927 e. The molecule has 2 aliphatic rings. The molecule has 2 nitrogen and oxygen atoms in total. The van der Waals surface area contributed by atoms with Crippen LogP contribution < -0.4 is 0 Å². The molecule has 0 heterocycles. The summed E-state index contributed by atoms with van der Waals surface area (Å²) in [5.41, 5.74) is 0. The van der Waals surface area contributed by atoms with Gasteiger partial charge in [0.25, 0.3) is 0 Å². The van der Waals surface area contributed by atoms with Crippen molar-refractivity contribution in [3.63, 3.8) is 0 Å². The average molecular weight is 222 g/mol. The van der Waals surface area contributed by atoms with Crippen molar-refractivity contribution >= 4 is 6.21 Å². The molecule has 0 aromatic rings. The van der Waals surface area contributed by atoms with E-state index in [-0.39, 0.29) is 0 Å². The van der Waals surface area contributed by atoms with E-state index in [2.05, 4.69) is 11.9 Å². The molecule has 1 N–H and O–H groups in total. The first-order chi connectivity index (χ1) is 7.79. The standard InChI is InChI=1S/C14H26N2/c1-16(11-13-4-2-3-5-13)14-8-6-12(10-15)7-9-14/h10,12-15H,2-9,11H2,1H3. The van der Waals surface area contributed by atoms with Crippen molar-refractivity contribution in [1.82, 2.24) is 4.90 Å². The molecule has 2 heteroatoms. The molecule has 2 saturated carbocycles. The van der Waals surface area contributed by atoms with Gasteiger partial charge in [-0.3, -0.25) is 0 Å². The van der Waals surface area contributed by atoms with E-state index in [4.69, 9.17) is 5.41 Å². The molecule has 0 amide bonds. The Morgan fingerprint density at radius 2 is 1.69 bits per heavy atom. The third-order valence-corrected chi connectivity index (χ3v) is 4.62. The van der Waals surface area contributed by atoms with Crippen molar-refractivity contribution in [1.29, 1.82) is 5.41 Å². The summed E-state index contributed by atoms with van der Waals surface area (Å²) in [5.74, 6) is 1.56. The lowest BCUT2D eigenvalue weighted by atomic mass is 9.86. The van der Waals surface area contributed by atoms with Crippen LogP contribution >= 0.6 is 0 Å². The fraction of sp³-hybridized carbons (Fsp3) is 0.929. The predicted molar refractivity (Wildman–Crippen MR) is 69.1 cm³/mol. The van der Waals surface area contributed by atoms with Gasteiger partial charge in [-0.25, -0.2) is 0 Å². The number of nitrogens with zero attached hydrogens (tertiary/aromatic N) is 1. The van der Waals surface area contributed by atoms with Crippen LogP contribution in [0.4, 0.5) is 0 Å². The van der Waals surface area contributed by atoms with Gasteiger partial charge in [-0.15, -0.1) is 0 Å². The highest BCUT2D eigenvalue weighted by molar-refractivity contribution is 5.56. The number of hydrogen-bond donors (Lipinski definition) is 1. The van der Waals surface area contributed by atoms with Gasteiger partial charge in [0.15, 0.2) is 0 Å². The monoisotopic (exact) mass is 222 g/mol. The minimum absolute atomic E-state index is 0.580. The SMILES string of the molecule is CN(CC1CCCC1)C1CCC(C=N)CC1. The minimum atomic E-state index is 0.580. The van der Waals surface area contributed by atoms with Gasteiger partial charge in [-0.05, 0) is 63.6 Å². The summed E-state index contributed by atoms with van der Waals surface area (Å²) >= 11 is 0. The van der Waals surface area contributed by atoms with Crippen LogP contribution in [0.5, 0.6) is 0 Å². The van der Waals surface area contributed by atoms with Crippen LogP contribution in [-0.2, 0) is 0 Å². The van der Waals surface area contributed by atoms with E-state index in [1.807, 2.05) is 0 Å². The molecule has 2 fully saturated rings. The molecule has 0 atom stereocenters. The van der Waals surface area contributed by atoms with Gasteiger partial charge in [0, 0.05) is 12.6 Å². The van der Waals surface area contributed by atoms with Gasteiger partial charge >= 0.3 is 0 Å². The van der Waals surface area contributed by atoms with Crippen molar-refractivity contribution < 1.29 is 0 Å². The second-order valence-electron chi connectivity index (χ2n) is 5.83. The van der Waals surface area contributed by atoms with Gasteiger partial charge in [-0.1, -0.05) is 12.8 Å². The molecular formula is C14H26N2. The Morgan fingerprint density at radius 1 is 1.06 bits per heavy atom. The summed E-state index contributed by atoms with van der Waals surface area (Å²) in [5, 5.41) is 7.31. The van der Waals surface area contributed by atoms with Crippen LogP contribution in [0.15, 0.2) is 0 Å². The summed E-state index contributed by atoms with van der Waals surface area (Å²) < 4.78 is 0. The molecule has 0 radical (unpaired) electrons. The fourth-order valence-electron chi connectivity index (χ4n) is 3.46. The first kappa shape index (κ1) is 12.1. The summed E-state index contributed by atoms with van der Waals surface area (Å²) in [6.07, 6.45) is 12.6. The van der Waals surface area contributed by atoms with E-state index in [1.165, 1.54) is 57.9 Å². The van der Waals surface area contributed by atoms with E-state index in [0.717, 1.165) is 12.0 Å². The molecule has 0 saturated heterocycles. The highest BCUT2D eigenvalue weighted by atomic mass is 15.1. The Morgan fingerprint density at radius 3 is 2.25 bits per heavy atom. The average Bonchev–Trinajstić information content (AvgIpc) is 2.82. The Hall–Kier alpha value is -0.370. The molecule has 0 aromatic heterocycles. The number of nitrogens with one attached hydrogen (secondary N) is 1. The Balaban J connectivity index is 1.72. The van der Waals surface area contributed by atoms with Crippen molar-refractivity contribution in [2.75, 3.05) is 13.6 Å². The molecule has 0 unspecified atom stereocenters.